The zero-order valence-electron chi connectivity index (χ0n) is 5.98. The van der Waals surface area contributed by atoms with Crippen LogP contribution in [-0.4, -0.2) is 28.3 Å². The SMILES string of the molecule is O=C(CI)N1CCCCC1. The Hall–Kier alpha value is 0.200. The molecular formula is C7H12INO. The monoisotopic (exact) mass is 253 g/mol. The highest BCUT2D eigenvalue weighted by Crippen LogP contribution is 2.08. The molecule has 0 aliphatic carbocycles. The molecule has 0 atom stereocenters. The number of hydrogen-bond donors (Lipinski definition) is 0. The van der Waals surface area contributed by atoms with E-state index >= 15 is 0 Å². The highest BCUT2D eigenvalue weighted by atomic mass is 127. The van der Waals surface area contributed by atoms with Crippen LogP contribution in [0.15, 0.2) is 0 Å². The molecule has 1 fully saturated rings. The molecule has 3 heteroatoms. The van der Waals surface area contributed by atoms with Crippen molar-refractivity contribution in [2.45, 2.75) is 19.3 Å². The van der Waals surface area contributed by atoms with Gasteiger partial charge in [-0.2, -0.15) is 0 Å². The van der Waals surface area contributed by atoms with Crippen LogP contribution in [0.25, 0.3) is 0 Å². The van der Waals surface area contributed by atoms with E-state index in [1.165, 1.54) is 19.3 Å². The number of carbonyl (C=O) groups excluding carboxylic acids is 1. The van der Waals surface area contributed by atoms with E-state index in [0.717, 1.165) is 13.1 Å². The van der Waals surface area contributed by atoms with Crippen molar-refractivity contribution in [3.63, 3.8) is 0 Å². The Labute approximate surface area is 75.1 Å². The van der Waals surface area contributed by atoms with E-state index in [9.17, 15) is 4.79 Å². The minimum absolute atomic E-state index is 0.306. The highest BCUT2D eigenvalue weighted by molar-refractivity contribution is 14.1. The van der Waals surface area contributed by atoms with Crippen molar-refractivity contribution < 1.29 is 4.79 Å². The number of likely N-dealkylation sites (tertiary alicyclic amines) is 1. The lowest BCUT2D eigenvalue weighted by molar-refractivity contribution is -0.128. The van der Waals surface area contributed by atoms with Crippen LogP contribution in [-0.2, 0) is 4.79 Å². The van der Waals surface area contributed by atoms with Crippen LogP contribution < -0.4 is 0 Å². The third-order valence-corrected chi connectivity index (χ3v) is 2.48. The van der Waals surface area contributed by atoms with E-state index in [-0.39, 0.29) is 0 Å². The Bertz CT molecular complexity index is 121. The summed E-state index contributed by atoms with van der Waals surface area (Å²) in [5, 5.41) is 0. The van der Waals surface area contributed by atoms with Crippen molar-refractivity contribution in [2.24, 2.45) is 0 Å². The summed E-state index contributed by atoms with van der Waals surface area (Å²) in [5.74, 6) is 0.306. The lowest BCUT2D eigenvalue weighted by Gasteiger charge is -2.25. The Morgan fingerprint density at radius 2 is 1.90 bits per heavy atom. The molecule has 0 bridgehead atoms. The van der Waals surface area contributed by atoms with Crippen LogP contribution in [0.2, 0.25) is 0 Å². The van der Waals surface area contributed by atoms with Crippen LogP contribution in [0.3, 0.4) is 0 Å². The molecule has 0 aromatic carbocycles. The fourth-order valence-electron chi connectivity index (χ4n) is 1.23. The van der Waals surface area contributed by atoms with Crippen molar-refractivity contribution in [3.8, 4) is 0 Å². The number of nitrogens with zero attached hydrogens (tertiary/aromatic N) is 1. The number of halogens is 1. The number of alkyl halides is 1. The molecule has 58 valence electrons. The van der Waals surface area contributed by atoms with Crippen molar-refractivity contribution in [1.29, 1.82) is 0 Å². The average molecular weight is 253 g/mol. The molecule has 0 aromatic heterocycles. The normalized spacial score (nSPS) is 19.1. The van der Waals surface area contributed by atoms with Crippen molar-refractivity contribution in [3.05, 3.63) is 0 Å². The molecule has 0 saturated carbocycles. The summed E-state index contributed by atoms with van der Waals surface area (Å²) in [5.41, 5.74) is 0. The predicted molar refractivity (Wildman–Crippen MR) is 49.3 cm³/mol. The first-order chi connectivity index (χ1) is 4.84. The Morgan fingerprint density at radius 3 is 2.40 bits per heavy atom. The van der Waals surface area contributed by atoms with Gasteiger partial charge in [0.1, 0.15) is 0 Å². The summed E-state index contributed by atoms with van der Waals surface area (Å²) in [4.78, 5) is 13.1. The molecule has 2 nitrogen and oxygen atoms in total. The number of carbonyl (C=O) groups is 1. The second-order valence-corrected chi connectivity index (χ2v) is 3.34. The van der Waals surface area contributed by atoms with E-state index in [1.54, 1.807) is 0 Å². The molecular weight excluding hydrogens is 241 g/mol. The zero-order valence-corrected chi connectivity index (χ0v) is 8.13. The van der Waals surface area contributed by atoms with Gasteiger partial charge >= 0.3 is 0 Å². The standard InChI is InChI=1S/C7H12INO/c8-6-7(10)9-4-2-1-3-5-9/h1-6H2. The van der Waals surface area contributed by atoms with Crippen LogP contribution in [0.5, 0.6) is 0 Å². The van der Waals surface area contributed by atoms with Crippen molar-refractivity contribution in [2.75, 3.05) is 17.5 Å². The van der Waals surface area contributed by atoms with Gasteiger partial charge in [-0.25, -0.2) is 0 Å². The lowest BCUT2D eigenvalue weighted by atomic mass is 10.1. The van der Waals surface area contributed by atoms with E-state index < -0.39 is 0 Å². The molecule has 1 saturated heterocycles. The van der Waals surface area contributed by atoms with Gasteiger partial charge in [0, 0.05) is 13.1 Å². The van der Waals surface area contributed by atoms with Crippen LogP contribution in [0.4, 0.5) is 0 Å². The van der Waals surface area contributed by atoms with E-state index in [4.69, 9.17) is 0 Å². The van der Waals surface area contributed by atoms with Gasteiger partial charge in [0.2, 0.25) is 5.91 Å². The number of piperidine rings is 1. The summed E-state index contributed by atoms with van der Waals surface area (Å²) < 4.78 is 0.637. The molecule has 0 aromatic rings. The van der Waals surface area contributed by atoms with Gasteiger partial charge in [-0.05, 0) is 19.3 Å². The van der Waals surface area contributed by atoms with Gasteiger partial charge in [0.05, 0.1) is 4.43 Å². The van der Waals surface area contributed by atoms with Gasteiger partial charge in [-0.15, -0.1) is 0 Å². The molecule has 1 amide bonds. The van der Waals surface area contributed by atoms with Crippen LogP contribution in [0.1, 0.15) is 19.3 Å². The second kappa shape index (κ2) is 4.16. The number of hydrogen-bond acceptors (Lipinski definition) is 1. The van der Waals surface area contributed by atoms with Crippen molar-refractivity contribution in [1.82, 2.24) is 4.90 Å². The summed E-state index contributed by atoms with van der Waals surface area (Å²) in [7, 11) is 0. The fourth-order valence-corrected chi connectivity index (χ4v) is 1.71. The molecule has 1 heterocycles. The van der Waals surface area contributed by atoms with E-state index in [2.05, 4.69) is 22.6 Å². The topological polar surface area (TPSA) is 20.3 Å². The first kappa shape index (κ1) is 8.30. The Morgan fingerprint density at radius 1 is 1.30 bits per heavy atom. The maximum absolute atomic E-state index is 11.1. The summed E-state index contributed by atoms with van der Waals surface area (Å²) in [6, 6.07) is 0. The van der Waals surface area contributed by atoms with E-state index in [0.29, 0.717) is 10.3 Å². The van der Waals surface area contributed by atoms with Crippen LogP contribution in [0, 0.1) is 0 Å². The number of rotatable bonds is 1. The first-order valence-electron chi connectivity index (χ1n) is 3.68. The molecule has 0 unspecified atom stereocenters. The Kier molecular flexibility index (Phi) is 3.45. The smallest absolute Gasteiger partial charge is 0.232 e. The van der Waals surface area contributed by atoms with Crippen LogP contribution >= 0.6 is 22.6 Å². The quantitative estimate of drug-likeness (QED) is 0.511. The Balaban J connectivity index is 2.31. The molecule has 0 spiro atoms. The summed E-state index contributed by atoms with van der Waals surface area (Å²) >= 11 is 2.12. The summed E-state index contributed by atoms with van der Waals surface area (Å²) in [6.07, 6.45) is 3.69. The third kappa shape index (κ3) is 2.11. The molecule has 10 heavy (non-hydrogen) atoms. The van der Waals surface area contributed by atoms with E-state index in [1.807, 2.05) is 4.90 Å². The largest absolute Gasteiger partial charge is 0.342 e. The van der Waals surface area contributed by atoms with Gasteiger partial charge in [0.15, 0.2) is 0 Å². The maximum Gasteiger partial charge on any atom is 0.232 e. The highest BCUT2D eigenvalue weighted by Gasteiger charge is 2.13. The molecule has 1 rings (SSSR count). The van der Waals surface area contributed by atoms with Gasteiger partial charge in [0.25, 0.3) is 0 Å². The van der Waals surface area contributed by atoms with Gasteiger partial charge in [-0.1, -0.05) is 22.6 Å². The zero-order chi connectivity index (χ0) is 7.40. The maximum atomic E-state index is 11.1. The predicted octanol–water partition coefficient (Wildman–Crippen LogP) is 1.43. The third-order valence-electron chi connectivity index (χ3n) is 1.82. The fraction of sp³-hybridized carbons (Fsp3) is 0.857. The van der Waals surface area contributed by atoms with Crippen molar-refractivity contribution >= 4 is 28.5 Å². The average Bonchev–Trinajstić information content (AvgIpc) is 2.05. The van der Waals surface area contributed by atoms with Gasteiger partial charge in [-0.3, -0.25) is 4.79 Å². The molecule has 1 aliphatic heterocycles. The minimum atomic E-state index is 0.306. The summed E-state index contributed by atoms with van der Waals surface area (Å²) in [6.45, 7) is 1.98. The second-order valence-electron chi connectivity index (χ2n) is 2.58. The molecule has 0 N–H and O–H groups in total. The minimum Gasteiger partial charge on any atom is -0.342 e. The lowest BCUT2D eigenvalue weighted by Crippen LogP contribution is -2.36. The molecule has 1 aliphatic rings. The number of amides is 1. The molecule has 0 radical (unpaired) electrons. The first-order valence-corrected chi connectivity index (χ1v) is 5.21. The van der Waals surface area contributed by atoms with Gasteiger partial charge < -0.3 is 4.90 Å².